The number of nitrogens with one attached hydrogen (secondary N) is 1. The largest absolute Gasteiger partial charge is 0.383 e. The van der Waals surface area contributed by atoms with Gasteiger partial charge in [0.2, 0.25) is 0 Å². The van der Waals surface area contributed by atoms with Crippen LogP contribution in [0, 0.1) is 5.92 Å². The zero-order chi connectivity index (χ0) is 14.2. The normalized spacial score (nSPS) is 17.7. The Labute approximate surface area is 122 Å². The minimum atomic E-state index is 0.667. The van der Waals surface area contributed by atoms with Crippen molar-refractivity contribution in [3.8, 4) is 0 Å². The van der Waals surface area contributed by atoms with Gasteiger partial charge in [-0.3, -0.25) is 0 Å². The van der Waals surface area contributed by atoms with E-state index in [2.05, 4.69) is 26.7 Å². The number of hydrogen-bond acceptors (Lipinski definition) is 4. The van der Waals surface area contributed by atoms with Crippen LogP contribution in [0.2, 0.25) is 0 Å². The quantitative estimate of drug-likeness (QED) is 0.693. The van der Waals surface area contributed by atoms with E-state index in [0.717, 1.165) is 26.2 Å². The van der Waals surface area contributed by atoms with E-state index in [1.807, 2.05) is 12.5 Å². The molecule has 0 bridgehead atoms. The number of likely N-dealkylation sites (tertiary alicyclic amines) is 1. The van der Waals surface area contributed by atoms with Crippen LogP contribution >= 0.6 is 0 Å². The third kappa shape index (κ3) is 4.89. The molecule has 0 aromatic carbocycles. The second-order valence-corrected chi connectivity index (χ2v) is 5.82. The van der Waals surface area contributed by atoms with E-state index < -0.39 is 0 Å². The van der Waals surface area contributed by atoms with Gasteiger partial charge in [-0.1, -0.05) is 6.92 Å². The highest BCUT2D eigenvalue weighted by Gasteiger charge is 2.15. The fourth-order valence-corrected chi connectivity index (χ4v) is 2.85. The summed E-state index contributed by atoms with van der Waals surface area (Å²) in [5.74, 6) is 0.667. The molecule has 0 spiro atoms. The van der Waals surface area contributed by atoms with Crippen LogP contribution in [0.25, 0.3) is 0 Å². The third-order valence-electron chi connectivity index (χ3n) is 3.86. The van der Waals surface area contributed by atoms with Gasteiger partial charge in [-0.2, -0.15) is 0 Å². The highest BCUT2D eigenvalue weighted by molar-refractivity contribution is 4.98. The van der Waals surface area contributed by atoms with Gasteiger partial charge in [0.1, 0.15) is 0 Å². The number of rotatable bonds is 9. The second kappa shape index (κ2) is 8.39. The molecule has 0 amide bonds. The molecule has 1 aromatic rings. The molecule has 1 atom stereocenters. The molecule has 1 aromatic heterocycles. The average molecular weight is 280 g/mol. The van der Waals surface area contributed by atoms with Crippen LogP contribution in [0.1, 0.15) is 25.5 Å². The Bertz CT molecular complexity index is 374. The molecule has 1 aliphatic heterocycles. The molecule has 20 heavy (non-hydrogen) atoms. The van der Waals surface area contributed by atoms with Gasteiger partial charge in [0.15, 0.2) is 0 Å². The highest BCUT2D eigenvalue weighted by Crippen LogP contribution is 2.12. The van der Waals surface area contributed by atoms with E-state index in [9.17, 15) is 0 Å². The number of hydrogen-bond donors (Lipinski definition) is 1. The van der Waals surface area contributed by atoms with Gasteiger partial charge < -0.3 is 19.5 Å². The first kappa shape index (κ1) is 15.5. The molecule has 114 valence electrons. The first-order valence-corrected chi connectivity index (χ1v) is 7.70. The summed E-state index contributed by atoms with van der Waals surface area (Å²) in [6.07, 6.45) is 6.65. The summed E-state index contributed by atoms with van der Waals surface area (Å²) >= 11 is 0. The van der Waals surface area contributed by atoms with Gasteiger partial charge >= 0.3 is 0 Å². The van der Waals surface area contributed by atoms with Crippen molar-refractivity contribution in [1.82, 2.24) is 19.8 Å². The van der Waals surface area contributed by atoms with E-state index in [1.54, 1.807) is 7.11 Å². The molecule has 1 unspecified atom stereocenters. The SMILES string of the molecule is COCCNCc1cncn1CC(C)CN1CCCC1. The summed E-state index contributed by atoms with van der Waals surface area (Å²) in [7, 11) is 1.73. The van der Waals surface area contributed by atoms with Gasteiger partial charge in [-0.25, -0.2) is 4.98 Å². The first-order chi connectivity index (χ1) is 9.79. The number of aromatic nitrogens is 2. The van der Waals surface area contributed by atoms with Crippen LogP contribution in [0.3, 0.4) is 0 Å². The number of nitrogens with zero attached hydrogens (tertiary/aromatic N) is 3. The van der Waals surface area contributed by atoms with E-state index in [-0.39, 0.29) is 0 Å². The number of imidazole rings is 1. The third-order valence-corrected chi connectivity index (χ3v) is 3.86. The minimum Gasteiger partial charge on any atom is -0.383 e. The van der Waals surface area contributed by atoms with Crippen molar-refractivity contribution in [3.05, 3.63) is 18.2 Å². The summed E-state index contributed by atoms with van der Waals surface area (Å²) in [5, 5.41) is 3.38. The Balaban J connectivity index is 1.75. The topological polar surface area (TPSA) is 42.3 Å². The van der Waals surface area contributed by atoms with Gasteiger partial charge in [-0.15, -0.1) is 0 Å². The van der Waals surface area contributed by atoms with Crippen molar-refractivity contribution in [2.24, 2.45) is 5.92 Å². The highest BCUT2D eigenvalue weighted by atomic mass is 16.5. The zero-order valence-electron chi connectivity index (χ0n) is 12.8. The van der Waals surface area contributed by atoms with Gasteiger partial charge in [0.05, 0.1) is 18.6 Å². The predicted octanol–water partition coefficient (Wildman–Crippen LogP) is 1.35. The molecule has 0 saturated carbocycles. The summed E-state index contributed by atoms with van der Waals surface area (Å²) in [6.45, 7) is 9.64. The summed E-state index contributed by atoms with van der Waals surface area (Å²) < 4.78 is 7.32. The maximum Gasteiger partial charge on any atom is 0.0948 e. The van der Waals surface area contributed by atoms with Crippen molar-refractivity contribution < 1.29 is 4.74 Å². The molecule has 5 nitrogen and oxygen atoms in total. The Morgan fingerprint density at radius 2 is 2.15 bits per heavy atom. The molecule has 0 aliphatic carbocycles. The first-order valence-electron chi connectivity index (χ1n) is 7.70. The van der Waals surface area contributed by atoms with Crippen molar-refractivity contribution in [2.75, 3.05) is 39.9 Å². The lowest BCUT2D eigenvalue weighted by molar-refractivity contribution is 0.199. The second-order valence-electron chi connectivity index (χ2n) is 5.82. The van der Waals surface area contributed by atoms with Crippen LogP contribution in [0.5, 0.6) is 0 Å². The van der Waals surface area contributed by atoms with Crippen LogP contribution in [-0.4, -0.2) is 54.3 Å². The Kier molecular flexibility index (Phi) is 6.50. The molecule has 1 fully saturated rings. The molecule has 1 N–H and O–H groups in total. The fraction of sp³-hybridized carbons (Fsp3) is 0.800. The molecular weight excluding hydrogens is 252 g/mol. The molecule has 1 saturated heterocycles. The van der Waals surface area contributed by atoms with E-state index in [4.69, 9.17) is 4.74 Å². The average Bonchev–Trinajstić information content (AvgIpc) is 3.07. The van der Waals surface area contributed by atoms with Crippen LogP contribution < -0.4 is 5.32 Å². The van der Waals surface area contributed by atoms with Crippen molar-refractivity contribution in [3.63, 3.8) is 0 Å². The molecule has 2 heterocycles. The van der Waals surface area contributed by atoms with Gasteiger partial charge in [0, 0.05) is 39.5 Å². The predicted molar refractivity (Wildman–Crippen MR) is 80.6 cm³/mol. The van der Waals surface area contributed by atoms with Gasteiger partial charge in [-0.05, 0) is 31.8 Å². The van der Waals surface area contributed by atoms with Crippen LogP contribution in [0.4, 0.5) is 0 Å². The standard InChI is InChI=1S/C15H28N4O/c1-14(11-18-6-3-4-7-18)12-19-13-17-10-15(19)9-16-5-8-20-2/h10,13-14,16H,3-9,11-12H2,1-2H3. The monoisotopic (exact) mass is 280 g/mol. The van der Waals surface area contributed by atoms with Crippen molar-refractivity contribution >= 4 is 0 Å². The van der Waals surface area contributed by atoms with E-state index in [0.29, 0.717) is 5.92 Å². The lowest BCUT2D eigenvalue weighted by atomic mass is 10.1. The molecule has 1 aliphatic rings. The maximum atomic E-state index is 5.04. The lowest BCUT2D eigenvalue weighted by Gasteiger charge is -2.21. The summed E-state index contributed by atoms with van der Waals surface area (Å²) in [4.78, 5) is 6.87. The lowest BCUT2D eigenvalue weighted by Crippen LogP contribution is -2.28. The minimum absolute atomic E-state index is 0.667. The molecule has 0 radical (unpaired) electrons. The van der Waals surface area contributed by atoms with Crippen LogP contribution in [0.15, 0.2) is 12.5 Å². The summed E-state index contributed by atoms with van der Waals surface area (Å²) in [6, 6.07) is 0. The Morgan fingerprint density at radius 1 is 1.35 bits per heavy atom. The van der Waals surface area contributed by atoms with E-state index in [1.165, 1.54) is 38.2 Å². The van der Waals surface area contributed by atoms with Gasteiger partial charge in [0.25, 0.3) is 0 Å². The van der Waals surface area contributed by atoms with Crippen molar-refractivity contribution in [2.45, 2.75) is 32.9 Å². The van der Waals surface area contributed by atoms with E-state index >= 15 is 0 Å². The zero-order valence-corrected chi connectivity index (χ0v) is 12.8. The Morgan fingerprint density at radius 3 is 2.90 bits per heavy atom. The fourth-order valence-electron chi connectivity index (χ4n) is 2.85. The molecule has 2 rings (SSSR count). The maximum absolute atomic E-state index is 5.04. The van der Waals surface area contributed by atoms with Crippen LogP contribution in [-0.2, 0) is 17.8 Å². The molecular formula is C15H28N4O. The Hall–Kier alpha value is -0.910. The molecule has 5 heteroatoms. The summed E-state index contributed by atoms with van der Waals surface area (Å²) in [5.41, 5.74) is 1.26. The number of methoxy groups -OCH3 is 1. The smallest absolute Gasteiger partial charge is 0.0948 e. The number of ether oxygens (including phenoxy) is 1. The van der Waals surface area contributed by atoms with Crippen molar-refractivity contribution in [1.29, 1.82) is 0 Å².